The molecule has 0 radical (unpaired) electrons. The Kier molecular flexibility index (Phi) is 4.77. The van der Waals surface area contributed by atoms with Gasteiger partial charge >= 0.3 is 0 Å². The van der Waals surface area contributed by atoms with E-state index in [9.17, 15) is 4.39 Å². The topological polar surface area (TPSA) is 30.5 Å². The average Bonchev–Trinajstić information content (AvgIpc) is 2.81. The lowest BCUT2D eigenvalue weighted by molar-refractivity contribution is 0.105. The maximum absolute atomic E-state index is 13.6. The van der Waals surface area contributed by atoms with E-state index in [1.807, 2.05) is 13.0 Å². The zero-order chi connectivity index (χ0) is 13.8. The van der Waals surface area contributed by atoms with Crippen LogP contribution in [0.5, 0.6) is 5.75 Å². The lowest BCUT2D eigenvalue weighted by Gasteiger charge is -2.19. The van der Waals surface area contributed by atoms with Crippen molar-refractivity contribution in [3.05, 3.63) is 29.6 Å². The number of halogens is 1. The van der Waals surface area contributed by atoms with Crippen LogP contribution in [0.1, 0.15) is 31.9 Å². The van der Waals surface area contributed by atoms with Crippen LogP contribution in [-0.2, 0) is 4.74 Å². The second kappa shape index (κ2) is 6.35. The summed E-state index contributed by atoms with van der Waals surface area (Å²) >= 11 is 0. The summed E-state index contributed by atoms with van der Waals surface area (Å²) in [5, 5.41) is 3.45. The number of methoxy groups -OCH3 is 1. The first-order chi connectivity index (χ1) is 9.11. The monoisotopic (exact) mass is 267 g/mol. The Morgan fingerprint density at radius 1 is 1.53 bits per heavy atom. The summed E-state index contributed by atoms with van der Waals surface area (Å²) in [4.78, 5) is 0. The van der Waals surface area contributed by atoms with Crippen molar-refractivity contribution in [3.63, 3.8) is 0 Å². The molecule has 2 rings (SSSR count). The Morgan fingerprint density at radius 3 is 2.89 bits per heavy atom. The van der Waals surface area contributed by atoms with E-state index in [0.717, 1.165) is 25.1 Å². The highest BCUT2D eigenvalue weighted by Gasteiger charge is 2.24. The number of benzene rings is 1. The van der Waals surface area contributed by atoms with Crippen molar-refractivity contribution in [1.29, 1.82) is 0 Å². The number of nitrogens with one attached hydrogen (secondary N) is 1. The van der Waals surface area contributed by atoms with E-state index < -0.39 is 0 Å². The van der Waals surface area contributed by atoms with Gasteiger partial charge in [0.25, 0.3) is 0 Å². The Labute approximate surface area is 114 Å². The van der Waals surface area contributed by atoms with Crippen molar-refractivity contribution >= 4 is 0 Å². The van der Waals surface area contributed by atoms with Gasteiger partial charge < -0.3 is 14.8 Å². The summed E-state index contributed by atoms with van der Waals surface area (Å²) in [6, 6.07) is 5.22. The van der Waals surface area contributed by atoms with Gasteiger partial charge in [0.05, 0.1) is 13.2 Å². The minimum Gasteiger partial charge on any atom is -0.494 e. The summed E-state index contributed by atoms with van der Waals surface area (Å²) in [7, 11) is 1.47. The number of ether oxygens (including phenoxy) is 2. The molecule has 1 aliphatic rings. The van der Waals surface area contributed by atoms with E-state index in [4.69, 9.17) is 9.47 Å². The van der Waals surface area contributed by atoms with Crippen LogP contribution in [0, 0.1) is 11.7 Å². The third kappa shape index (κ3) is 3.45. The zero-order valence-electron chi connectivity index (χ0n) is 11.8. The highest BCUT2D eigenvalue weighted by molar-refractivity contribution is 5.30. The molecule has 0 saturated carbocycles. The van der Waals surface area contributed by atoms with Crippen LogP contribution in [0.15, 0.2) is 18.2 Å². The lowest BCUT2D eigenvalue weighted by atomic mass is 10.0. The van der Waals surface area contributed by atoms with Gasteiger partial charge in [-0.1, -0.05) is 6.07 Å². The molecule has 1 aromatic carbocycles. The molecule has 1 fully saturated rings. The fourth-order valence-electron chi connectivity index (χ4n) is 2.44. The molecule has 0 aliphatic carbocycles. The molecule has 1 heterocycles. The molecule has 19 heavy (non-hydrogen) atoms. The minimum absolute atomic E-state index is 0.119. The predicted octanol–water partition coefficient (Wildman–Crippen LogP) is 2.91. The Hall–Kier alpha value is -1.13. The minimum atomic E-state index is -0.314. The first-order valence-electron chi connectivity index (χ1n) is 6.80. The summed E-state index contributed by atoms with van der Waals surface area (Å²) in [5.41, 5.74) is 0.935. The van der Waals surface area contributed by atoms with Crippen molar-refractivity contribution in [1.82, 2.24) is 5.32 Å². The molecule has 4 heteroatoms. The van der Waals surface area contributed by atoms with E-state index in [-0.39, 0.29) is 17.6 Å². The van der Waals surface area contributed by atoms with Gasteiger partial charge in [-0.15, -0.1) is 0 Å². The normalized spacial score (nSPS) is 24.4. The zero-order valence-corrected chi connectivity index (χ0v) is 11.8. The van der Waals surface area contributed by atoms with Crippen LogP contribution < -0.4 is 10.1 Å². The van der Waals surface area contributed by atoms with Crippen molar-refractivity contribution in [2.24, 2.45) is 5.92 Å². The second-order valence-corrected chi connectivity index (χ2v) is 5.15. The molecule has 0 aromatic heterocycles. The Bertz CT molecular complexity index is 425. The molecular formula is C15H22FNO2. The molecular weight excluding hydrogens is 245 g/mol. The van der Waals surface area contributed by atoms with Crippen LogP contribution >= 0.6 is 0 Å². The van der Waals surface area contributed by atoms with Gasteiger partial charge in [-0.2, -0.15) is 0 Å². The second-order valence-electron chi connectivity index (χ2n) is 5.15. The lowest BCUT2D eigenvalue weighted by Crippen LogP contribution is -2.29. The van der Waals surface area contributed by atoms with Crippen molar-refractivity contribution in [2.45, 2.75) is 32.4 Å². The van der Waals surface area contributed by atoms with Crippen LogP contribution in [0.3, 0.4) is 0 Å². The van der Waals surface area contributed by atoms with Gasteiger partial charge in [0.15, 0.2) is 11.6 Å². The SMILES string of the molecule is COc1ccc(C(C)NCC2CCOC2C)cc1F. The molecule has 0 amide bonds. The van der Waals surface area contributed by atoms with E-state index in [0.29, 0.717) is 12.0 Å². The fourth-order valence-corrected chi connectivity index (χ4v) is 2.44. The molecule has 106 valence electrons. The van der Waals surface area contributed by atoms with E-state index in [1.54, 1.807) is 6.07 Å². The number of hydrogen-bond donors (Lipinski definition) is 1. The smallest absolute Gasteiger partial charge is 0.165 e. The van der Waals surface area contributed by atoms with Crippen molar-refractivity contribution in [2.75, 3.05) is 20.3 Å². The molecule has 1 aliphatic heterocycles. The van der Waals surface area contributed by atoms with Crippen LogP contribution in [0.2, 0.25) is 0 Å². The molecule has 3 atom stereocenters. The predicted molar refractivity (Wildman–Crippen MR) is 72.9 cm³/mol. The first-order valence-corrected chi connectivity index (χ1v) is 6.80. The van der Waals surface area contributed by atoms with E-state index in [1.165, 1.54) is 13.2 Å². The molecule has 3 nitrogen and oxygen atoms in total. The van der Waals surface area contributed by atoms with Crippen molar-refractivity contribution in [3.8, 4) is 5.75 Å². The number of hydrogen-bond acceptors (Lipinski definition) is 3. The highest BCUT2D eigenvalue weighted by atomic mass is 19.1. The summed E-state index contributed by atoms with van der Waals surface area (Å²) < 4.78 is 24.1. The van der Waals surface area contributed by atoms with Gasteiger partial charge in [0, 0.05) is 19.2 Å². The van der Waals surface area contributed by atoms with Crippen LogP contribution in [-0.4, -0.2) is 26.4 Å². The summed E-state index contributed by atoms with van der Waals surface area (Å²) in [6.07, 6.45) is 1.41. The van der Waals surface area contributed by atoms with Gasteiger partial charge in [0.1, 0.15) is 0 Å². The highest BCUT2D eigenvalue weighted by Crippen LogP contribution is 2.23. The summed E-state index contributed by atoms with van der Waals surface area (Å²) in [5.74, 6) is 0.519. The summed E-state index contributed by atoms with van der Waals surface area (Å²) in [6.45, 7) is 5.90. The molecule has 1 saturated heterocycles. The Balaban J connectivity index is 1.92. The van der Waals surface area contributed by atoms with Crippen LogP contribution in [0.25, 0.3) is 0 Å². The molecule has 1 aromatic rings. The quantitative estimate of drug-likeness (QED) is 0.889. The van der Waals surface area contributed by atoms with Crippen molar-refractivity contribution < 1.29 is 13.9 Å². The molecule has 0 bridgehead atoms. The van der Waals surface area contributed by atoms with Gasteiger partial charge in [-0.3, -0.25) is 0 Å². The van der Waals surface area contributed by atoms with E-state index >= 15 is 0 Å². The molecule has 0 spiro atoms. The maximum Gasteiger partial charge on any atom is 0.165 e. The number of rotatable bonds is 5. The molecule has 3 unspecified atom stereocenters. The largest absolute Gasteiger partial charge is 0.494 e. The first kappa shape index (κ1) is 14.3. The third-order valence-electron chi connectivity index (χ3n) is 3.90. The van der Waals surface area contributed by atoms with Gasteiger partial charge in [-0.05, 0) is 43.9 Å². The molecule has 1 N–H and O–H groups in total. The average molecular weight is 267 g/mol. The maximum atomic E-state index is 13.6. The van der Waals surface area contributed by atoms with Crippen LogP contribution in [0.4, 0.5) is 4.39 Å². The fraction of sp³-hybridized carbons (Fsp3) is 0.600. The third-order valence-corrected chi connectivity index (χ3v) is 3.90. The van der Waals surface area contributed by atoms with Gasteiger partial charge in [0.2, 0.25) is 0 Å². The van der Waals surface area contributed by atoms with E-state index in [2.05, 4.69) is 12.2 Å². The Morgan fingerprint density at radius 2 is 2.32 bits per heavy atom. The standard InChI is InChI=1S/C15H22FNO2/c1-10(17-9-13-6-7-19-11(13)2)12-4-5-15(18-3)14(16)8-12/h4-5,8,10-11,13,17H,6-7,9H2,1-3H3. The van der Waals surface area contributed by atoms with Gasteiger partial charge in [-0.25, -0.2) is 4.39 Å².